The highest BCUT2D eigenvalue weighted by Crippen LogP contribution is 2.77. The van der Waals surface area contributed by atoms with Crippen LogP contribution in [0.5, 0.6) is 0 Å². The predicted molar refractivity (Wildman–Crippen MR) is 35.7 cm³/mol. The molecular weight excluding hydrogens is 108 g/mol. The van der Waals surface area contributed by atoms with Crippen molar-refractivity contribution < 1.29 is 0 Å². The highest BCUT2D eigenvalue weighted by atomic mass is 14.7. The molecule has 0 spiro atoms. The molecule has 4 aliphatic rings. The molecule has 0 aromatic carbocycles. The molecule has 0 amide bonds. The van der Waals surface area contributed by atoms with Crippen LogP contribution < -0.4 is 0 Å². The summed E-state index contributed by atoms with van der Waals surface area (Å²) in [5.41, 5.74) is 0.378. The van der Waals surface area contributed by atoms with Gasteiger partial charge in [0, 0.05) is 0 Å². The van der Waals surface area contributed by atoms with E-state index in [0.29, 0.717) is 5.41 Å². The summed E-state index contributed by atoms with van der Waals surface area (Å²) < 4.78 is 0. The zero-order chi connectivity index (χ0) is 6.06. The number of rotatable bonds is 0. The minimum absolute atomic E-state index is 0.378. The lowest BCUT2D eigenvalue weighted by molar-refractivity contribution is -0.257. The summed E-state index contributed by atoms with van der Waals surface area (Å²) in [4.78, 5) is 0. The van der Waals surface area contributed by atoms with Gasteiger partial charge in [-0.25, -0.2) is 0 Å². The molecule has 9 heavy (non-hydrogen) atoms. The maximum absolute atomic E-state index is 6.14. The van der Waals surface area contributed by atoms with E-state index in [0.717, 1.165) is 17.8 Å². The molecule has 4 saturated carbocycles. The second-order valence-corrected chi connectivity index (χ2v) is 4.12. The Morgan fingerprint density at radius 2 is 1.89 bits per heavy atom. The fourth-order valence-corrected chi connectivity index (χ4v) is 3.43. The molecule has 4 bridgehead atoms. The van der Waals surface area contributed by atoms with E-state index in [-0.39, 0.29) is 0 Å². The van der Waals surface area contributed by atoms with Gasteiger partial charge >= 0.3 is 0 Å². The molecule has 4 aliphatic carbocycles. The van der Waals surface area contributed by atoms with Gasteiger partial charge in [0.2, 0.25) is 0 Å². The molecule has 0 heteroatoms. The fraction of sp³-hybridized carbons (Fsp3) is 0.889. The van der Waals surface area contributed by atoms with Crippen LogP contribution in [0.1, 0.15) is 25.7 Å². The predicted octanol–water partition coefficient (Wildman–Crippen LogP) is 2.13. The van der Waals surface area contributed by atoms with Crippen LogP contribution in [-0.4, -0.2) is 0 Å². The number of hydrogen-bond acceptors (Lipinski definition) is 0. The lowest BCUT2D eigenvalue weighted by atomic mass is 9.29. The van der Waals surface area contributed by atoms with Gasteiger partial charge in [-0.2, -0.15) is 0 Å². The van der Waals surface area contributed by atoms with Crippen molar-refractivity contribution in [1.29, 1.82) is 0 Å². The fourth-order valence-electron chi connectivity index (χ4n) is 3.43. The largest absolute Gasteiger partial charge is 0.0527 e. The van der Waals surface area contributed by atoms with Crippen molar-refractivity contribution in [3.8, 4) is 0 Å². The molecule has 0 saturated heterocycles. The first-order valence-corrected chi connectivity index (χ1v) is 4.11. The van der Waals surface area contributed by atoms with Crippen LogP contribution in [0.3, 0.4) is 0 Å². The average Bonchev–Trinajstić information content (AvgIpc) is 1.86. The minimum atomic E-state index is 0.378. The SMILES string of the molecule is [CH]C12CC3C1CCCC32. The van der Waals surface area contributed by atoms with E-state index in [1.54, 1.807) is 0 Å². The zero-order valence-electron chi connectivity index (χ0n) is 5.64. The molecule has 0 aliphatic heterocycles. The molecule has 2 unspecified atom stereocenters. The molecule has 0 N–H and O–H groups in total. The Labute approximate surface area is 56.6 Å². The summed E-state index contributed by atoms with van der Waals surface area (Å²) in [6, 6.07) is 0. The van der Waals surface area contributed by atoms with E-state index in [2.05, 4.69) is 0 Å². The Morgan fingerprint density at radius 3 is 2.11 bits per heavy atom. The van der Waals surface area contributed by atoms with Crippen LogP contribution in [0.4, 0.5) is 0 Å². The van der Waals surface area contributed by atoms with Crippen LogP contribution in [0.15, 0.2) is 0 Å². The molecule has 4 fully saturated rings. The second kappa shape index (κ2) is 1.09. The molecule has 4 rings (SSSR count). The molecule has 0 heterocycles. The summed E-state index contributed by atoms with van der Waals surface area (Å²) >= 11 is 0. The van der Waals surface area contributed by atoms with Crippen LogP contribution in [0.25, 0.3) is 0 Å². The molecule has 2 radical (unpaired) electrons. The van der Waals surface area contributed by atoms with Crippen molar-refractivity contribution >= 4 is 0 Å². The smallest absolute Gasteiger partial charge is 0.0198 e. The second-order valence-electron chi connectivity index (χ2n) is 4.12. The lowest BCUT2D eigenvalue weighted by Gasteiger charge is -2.76. The van der Waals surface area contributed by atoms with Gasteiger partial charge in [-0.3, -0.25) is 0 Å². The Balaban J connectivity index is 1.96. The maximum atomic E-state index is 6.14. The molecule has 2 atom stereocenters. The van der Waals surface area contributed by atoms with Gasteiger partial charge in [0.25, 0.3) is 0 Å². The maximum Gasteiger partial charge on any atom is -0.0198 e. The minimum Gasteiger partial charge on any atom is -0.0527 e. The first kappa shape index (κ1) is 4.76. The van der Waals surface area contributed by atoms with Gasteiger partial charge in [-0.1, -0.05) is 6.42 Å². The van der Waals surface area contributed by atoms with Gasteiger partial charge in [0.1, 0.15) is 0 Å². The van der Waals surface area contributed by atoms with Crippen molar-refractivity contribution in [1.82, 2.24) is 0 Å². The highest BCUT2D eigenvalue weighted by molar-refractivity contribution is 5.22. The topological polar surface area (TPSA) is 0 Å². The molecule has 0 aromatic heterocycles. The Kier molecular flexibility index (Phi) is 0.574. The van der Waals surface area contributed by atoms with Crippen molar-refractivity contribution in [2.24, 2.45) is 23.2 Å². The molecule has 0 aromatic rings. The van der Waals surface area contributed by atoms with E-state index in [1.165, 1.54) is 25.7 Å². The lowest BCUT2D eigenvalue weighted by Crippen LogP contribution is -2.69. The monoisotopic (exact) mass is 120 g/mol. The first-order valence-electron chi connectivity index (χ1n) is 4.11. The first-order chi connectivity index (χ1) is 4.32. The summed E-state index contributed by atoms with van der Waals surface area (Å²) in [7, 11) is 0. The molecule has 48 valence electrons. The molecular formula is C9H12. The van der Waals surface area contributed by atoms with E-state index >= 15 is 0 Å². The van der Waals surface area contributed by atoms with Crippen molar-refractivity contribution in [3.05, 3.63) is 6.92 Å². The quantitative estimate of drug-likeness (QED) is 0.459. The van der Waals surface area contributed by atoms with Gasteiger partial charge in [0.05, 0.1) is 0 Å². The van der Waals surface area contributed by atoms with E-state index in [4.69, 9.17) is 6.92 Å². The normalized spacial score (nSPS) is 68.3. The highest BCUT2D eigenvalue weighted by Gasteiger charge is 2.70. The zero-order valence-corrected chi connectivity index (χ0v) is 5.64. The third-order valence-electron chi connectivity index (χ3n) is 4.03. The third kappa shape index (κ3) is 0.300. The van der Waals surface area contributed by atoms with Gasteiger partial charge in [-0.05, 0) is 49.4 Å². The van der Waals surface area contributed by atoms with Crippen LogP contribution in [0.2, 0.25) is 0 Å². The Hall–Kier alpha value is 0. The van der Waals surface area contributed by atoms with Crippen molar-refractivity contribution in [2.75, 3.05) is 0 Å². The van der Waals surface area contributed by atoms with Crippen LogP contribution in [0, 0.1) is 30.1 Å². The van der Waals surface area contributed by atoms with Crippen LogP contribution >= 0.6 is 0 Å². The van der Waals surface area contributed by atoms with E-state index in [9.17, 15) is 0 Å². The van der Waals surface area contributed by atoms with Crippen molar-refractivity contribution in [3.63, 3.8) is 0 Å². The van der Waals surface area contributed by atoms with E-state index in [1.807, 2.05) is 0 Å². The van der Waals surface area contributed by atoms with Crippen LogP contribution in [-0.2, 0) is 0 Å². The third-order valence-corrected chi connectivity index (χ3v) is 4.03. The average molecular weight is 120 g/mol. The van der Waals surface area contributed by atoms with Gasteiger partial charge in [0.15, 0.2) is 0 Å². The van der Waals surface area contributed by atoms with Gasteiger partial charge in [-0.15, -0.1) is 0 Å². The number of hydrogen-bond donors (Lipinski definition) is 0. The standard InChI is InChI=1S/C9H12/c1-9-5-6-7(9)3-2-4-8(6)9/h1,6-8H,2-5H2. The summed E-state index contributed by atoms with van der Waals surface area (Å²) in [5, 5.41) is 0. The summed E-state index contributed by atoms with van der Waals surface area (Å²) in [5.74, 6) is 3.02. The Bertz CT molecular complexity index is 147. The van der Waals surface area contributed by atoms with Gasteiger partial charge < -0.3 is 0 Å². The van der Waals surface area contributed by atoms with Crippen molar-refractivity contribution in [2.45, 2.75) is 25.7 Å². The molecule has 0 nitrogen and oxygen atoms in total. The Morgan fingerprint density at radius 1 is 1.22 bits per heavy atom. The van der Waals surface area contributed by atoms with E-state index < -0.39 is 0 Å². The summed E-state index contributed by atoms with van der Waals surface area (Å²) in [6.07, 6.45) is 5.71. The summed E-state index contributed by atoms with van der Waals surface area (Å²) in [6.45, 7) is 6.14.